The molecule has 12 heteroatoms. The summed E-state index contributed by atoms with van der Waals surface area (Å²) in [5.74, 6) is 2.39. The van der Waals surface area contributed by atoms with Crippen LogP contribution in [-0.2, 0) is 24.1 Å². The fourth-order valence-corrected chi connectivity index (χ4v) is 7.42. The molecule has 2 fully saturated rings. The number of aliphatic hydroxyl groups excluding tert-OH is 1. The molecule has 3 aromatic carbocycles. The summed E-state index contributed by atoms with van der Waals surface area (Å²) >= 11 is 0. The van der Waals surface area contributed by atoms with E-state index >= 15 is 0 Å². The minimum Gasteiger partial charge on any atom is -0.467 e. The third-order valence-electron chi connectivity index (χ3n) is 9.94. The predicted molar refractivity (Wildman–Crippen MR) is 190 cm³/mol. The van der Waals surface area contributed by atoms with E-state index in [2.05, 4.69) is 56.0 Å². The summed E-state index contributed by atoms with van der Waals surface area (Å²) in [5, 5.41) is 21.9. The Kier molecular flexibility index (Phi) is 9.97. The van der Waals surface area contributed by atoms with Gasteiger partial charge in [-0.25, -0.2) is 9.78 Å². The number of ether oxygens (including phenoxy) is 2. The Bertz CT molecular complexity index is 1750. The first-order valence-corrected chi connectivity index (χ1v) is 17.2. The highest BCUT2D eigenvalue weighted by molar-refractivity contribution is 5.96. The van der Waals surface area contributed by atoms with Crippen molar-refractivity contribution >= 4 is 34.3 Å². The van der Waals surface area contributed by atoms with E-state index in [4.69, 9.17) is 19.4 Å². The van der Waals surface area contributed by atoms with Gasteiger partial charge in [-0.2, -0.15) is 4.98 Å². The lowest BCUT2D eigenvalue weighted by Crippen LogP contribution is -2.56. The number of β-amino-alcohol motifs (C(OH)–C–C–N with tert-alkyl or cyclic N) is 1. The van der Waals surface area contributed by atoms with E-state index in [0.29, 0.717) is 45.1 Å². The Hall–Kier alpha value is -4.65. The number of amides is 1. The van der Waals surface area contributed by atoms with Crippen molar-refractivity contribution in [2.75, 3.05) is 94.1 Å². The predicted octanol–water partition coefficient (Wildman–Crippen LogP) is 3.70. The third-order valence-corrected chi connectivity index (χ3v) is 9.94. The largest absolute Gasteiger partial charge is 0.467 e. The maximum absolute atomic E-state index is 12.3. The number of carboxylic acid groups (broad SMARTS) is 1. The van der Waals surface area contributed by atoms with E-state index in [1.807, 2.05) is 30.3 Å². The van der Waals surface area contributed by atoms with Gasteiger partial charge in [0, 0.05) is 88.7 Å². The van der Waals surface area contributed by atoms with Crippen LogP contribution in [0.5, 0.6) is 5.75 Å². The molecule has 1 unspecified atom stereocenters. The topological polar surface area (TPSA) is 118 Å². The van der Waals surface area contributed by atoms with Crippen LogP contribution >= 0.6 is 0 Å². The molecule has 2 N–H and O–H groups in total. The van der Waals surface area contributed by atoms with Crippen LogP contribution in [0.2, 0.25) is 0 Å². The number of hydrogen-bond donors (Lipinski definition) is 2. The van der Waals surface area contributed by atoms with E-state index < -0.39 is 6.09 Å². The maximum Gasteiger partial charge on any atom is 0.407 e. The molecule has 2 saturated heterocycles. The minimum atomic E-state index is -0.883. The van der Waals surface area contributed by atoms with Crippen LogP contribution in [0.1, 0.15) is 16.8 Å². The minimum absolute atomic E-state index is 0.147. The third kappa shape index (κ3) is 7.22. The molecule has 0 bridgehead atoms. The fraction of sp³-hybridized carbons (Fsp3) is 0.432. The molecule has 12 nitrogen and oxygen atoms in total. The van der Waals surface area contributed by atoms with Crippen molar-refractivity contribution in [2.45, 2.75) is 25.4 Å². The maximum atomic E-state index is 12.3. The van der Waals surface area contributed by atoms with Crippen molar-refractivity contribution < 1.29 is 24.5 Å². The average Bonchev–Trinajstić information content (AvgIpc) is 3.13. The Morgan fingerprint density at radius 2 is 1.67 bits per heavy atom. The molecule has 0 aliphatic carbocycles. The molecule has 258 valence electrons. The van der Waals surface area contributed by atoms with E-state index in [1.165, 1.54) is 0 Å². The van der Waals surface area contributed by atoms with Crippen LogP contribution in [0.15, 0.2) is 66.7 Å². The molecule has 0 spiro atoms. The van der Waals surface area contributed by atoms with Crippen LogP contribution in [0.3, 0.4) is 0 Å². The van der Waals surface area contributed by atoms with Crippen LogP contribution < -0.4 is 19.4 Å². The van der Waals surface area contributed by atoms with Crippen LogP contribution in [0, 0.1) is 0 Å². The van der Waals surface area contributed by atoms with Crippen molar-refractivity contribution in [2.24, 2.45) is 0 Å². The lowest BCUT2D eigenvalue weighted by atomic mass is 9.99. The summed E-state index contributed by atoms with van der Waals surface area (Å²) < 4.78 is 11.1. The average molecular weight is 668 g/mol. The number of methoxy groups -OCH3 is 1. The molecule has 1 amide bonds. The van der Waals surface area contributed by atoms with Gasteiger partial charge in [0.25, 0.3) is 0 Å². The lowest BCUT2D eigenvalue weighted by Gasteiger charge is -2.42. The Morgan fingerprint density at radius 1 is 0.898 bits per heavy atom. The van der Waals surface area contributed by atoms with Gasteiger partial charge in [-0.1, -0.05) is 54.6 Å². The van der Waals surface area contributed by atoms with E-state index in [0.717, 1.165) is 84.0 Å². The van der Waals surface area contributed by atoms with Gasteiger partial charge in [-0.3, -0.25) is 4.90 Å². The van der Waals surface area contributed by atoms with Gasteiger partial charge in [-0.05, 0) is 29.9 Å². The molecule has 1 atom stereocenters. The monoisotopic (exact) mass is 667 g/mol. The standard InChI is InChI=1S/C37H45N7O5/c1-48-26-49-30-22-28-9-5-6-10-31(28)34(23-30)42-12-11-32-33(25-42)38-36(41-15-13-40(14-16-41)19-20-45)39-35(32)43-17-18-44(37(46)47)29(24-43)21-27-7-3-2-4-8-27/h2-10,22-23,29,45H,11-21,24-26H2,1H3,(H,46,47). The van der Waals surface area contributed by atoms with E-state index in [-0.39, 0.29) is 19.4 Å². The molecule has 3 aliphatic heterocycles. The normalized spacial score (nSPS) is 18.5. The van der Waals surface area contributed by atoms with Crippen molar-refractivity contribution in [3.8, 4) is 5.75 Å². The zero-order valence-electron chi connectivity index (χ0n) is 28.1. The number of benzene rings is 3. The number of aliphatic hydroxyl groups is 1. The van der Waals surface area contributed by atoms with Crippen LogP contribution in [0.25, 0.3) is 10.8 Å². The van der Waals surface area contributed by atoms with Gasteiger partial charge in [0.2, 0.25) is 5.95 Å². The molecule has 0 radical (unpaired) electrons. The molecule has 3 aliphatic rings. The molecule has 49 heavy (non-hydrogen) atoms. The zero-order valence-corrected chi connectivity index (χ0v) is 28.1. The van der Waals surface area contributed by atoms with Gasteiger partial charge in [-0.15, -0.1) is 0 Å². The second-order valence-corrected chi connectivity index (χ2v) is 13.0. The fourth-order valence-electron chi connectivity index (χ4n) is 7.42. The van der Waals surface area contributed by atoms with Gasteiger partial charge < -0.3 is 39.3 Å². The second-order valence-electron chi connectivity index (χ2n) is 13.0. The second kappa shape index (κ2) is 14.9. The van der Waals surface area contributed by atoms with Gasteiger partial charge in [0.1, 0.15) is 11.6 Å². The lowest BCUT2D eigenvalue weighted by molar-refractivity contribution is 0.0512. The number of rotatable bonds is 10. The first-order chi connectivity index (χ1) is 24.0. The van der Waals surface area contributed by atoms with E-state index in [9.17, 15) is 15.0 Å². The number of fused-ring (bicyclic) bond motifs is 2. The Morgan fingerprint density at radius 3 is 2.45 bits per heavy atom. The first kappa shape index (κ1) is 32.9. The summed E-state index contributed by atoms with van der Waals surface area (Å²) in [7, 11) is 1.62. The number of carbonyl (C=O) groups is 1. The molecule has 7 rings (SSSR count). The van der Waals surface area contributed by atoms with Crippen molar-refractivity contribution in [1.29, 1.82) is 0 Å². The van der Waals surface area contributed by atoms with Crippen molar-refractivity contribution in [3.05, 3.63) is 83.6 Å². The summed E-state index contributed by atoms with van der Waals surface area (Å²) in [5.41, 5.74) is 4.34. The molecule has 1 aromatic heterocycles. The highest BCUT2D eigenvalue weighted by Gasteiger charge is 2.35. The molecule has 4 heterocycles. The Balaban J connectivity index is 1.23. The van der Waals surface area contributed by atoms with Crippen LogP contribution in [0.4, 0.5) is 22.2 Å². The first-order valence-electron chi connectivity index (χ1n) is 17.2. The number of hydrogen-bond acceptors (Lipinski definition) is 10. The summed E-state index contributed by atoms with van der Waals surface area (Å²) in [4.78, 5) is 33.6. The molecule has 4 aromatic rings. The van der Waals surface area contributed by atoms with Crippen LogP contribution in [-0.4, -0.2) is 122 Å². The molecule has 0 saturated carbocycles. The number of piperazine rings is 2. The molecular formula is C37H45N7O5. The number of nitrogens with zero attached hydrogens (tertiary/aromatic N) is 7. The smallest absolute Gasteiger partial charge is 0.407 e. The van der Waals surface area contributed by atoms with Gasteiger partial charge in [0.05, 0.1) is 24.9 Å². The highest BCUT2D eigenvalue weighted by Crippen LogP contribution is 2.37. The quantitative estimate of drug-likeness (QED) is 0.241. The SMILES string of the molecule is COCOc1cc(N2CCc3c(nc(N4CCN(CCO)CC4)nc3N3CCN(C(=O)O)C(Cc4ccccc4)C3)C2)c2ccccc2c1. The number of anilines is 3. The van der Waals surface area contributed by atoms with E-state index in [1.54, 1.807) is 12.0 Å². The summed E-state index contributed by atoms with van der Waals surface area (Å²) in [6.07, 6.45) is 0.514. The number of aromatic nitrogens is 2. The van der Waals surface area contributed by atoms with Crippen molar-refractivity contribution in [3.63, 3.8) is 0 Å². The summed E-state index contributed by atoms with van der Waals surface area (Å²) in [6.45, 7) is 7.12. The highest BCUT2D eigenvalue weighted by atomic mass is 16.7. The Labute approximate surface area is 287 Å². The summed E-state index contributed by atoms with van der Waals surface area (Å²) in [6, 6.07) is 22.4. The zero-order chi connectivity index (χ0) is 33.7. The van der Waals surface area contributed by atoms with Gasteiger partial charge >= 0.3 is 6.09 Å². The van der Waals surface area contributed by atoms with Crippen molar-refractivity contribution in [1.82, 2.24) is 19.8 Å². The van der Waals surface area contributed by atoms with Gasteiger partial charge in [0.15, 0.2) is 6.79 Å². The molecular weight excluding hydrogens is 622 g/mol.